The highest BCUT2D eigenvalue weighted by atomic mass is 32.2. The first-order valence-corrected chi connectivity index (χ1v) is 7.34. The average molecular weight is 299 g/mol. The fourth-order valence-electron chi connectivity index (χ4n) is 1.70. The molecule has 1 rings (SSSR count). The monoisotopic (exact) mass is 299 g/mol. The Labute approximate surface area is 118 Å². The van der Waals surface area contributed by atoms with Crippen molar-refractivity contribution in [3.63, 3.8) is 0 Å². The topological polar surface area (TPSA) is 83.9 Å². The molecule has 0 saturated carbocycles. The van der Waals surface area contributed by atoms with Crippen molar-refractivity contribution in [3.05, 3.63) is 36.4 Å². The van der Waals surface area contributed by atoms with E-state index in [1.54, 1.807) is 6.92 Å². The van der Waals surface area contributed by atoms with E-state index >= 15 is 0 Å². The number of carboxylic acid groups (broad SMARTS) is 1. The number of likely N-dealkylation sites (N-methyl/N-ethyl adjacent to an activating group) is 1. The van der Waals surface area contributed by atoms with Gasteiger partial charge in [0.05, 0.1) is 12.0 Å². The van der Waals surface area contributed by atoms with Crippen LogP contribution >= 0.6 is 0 Å². The van der Waals surface area contributed by atoms with Gasteiger partial charge in [-0.2, -0.15) is 4.31 Å². The molecule has 0 spiro atoms. The molecule has 0 bridgehead atoms. The van der Waals surface area contributed by atoms with Gasteiger partial charge in [0.15, 0.2) is 0 Å². The lowest BCUT2D eigenvalue weighted by Gasteiger charge is -2.19. The van der Waals surface area contributed by atoms with Gasteiger partial charge in [0.1, 0.15) is 11.3 Å². The van der Waals surface area contributed by atoms with Gasteiger partial charge in [0.2, 0.25) is 10.0 Å². The second-order valence-electron chi connectivity index (χ2n) is 3.91. The zero-order chi connectivity index (χ0) is 15.3. The van der Waals surface area contributed by atoms with Crippen LogP contribution < -0.4 is 4.74 Å². The predicted molar refractivity (Wildman–Crippen MR) is 74.6 cm³/mol. The number of carbonyl (C=O) groups is 1. The molecule has 1 aromatic rings. The average Bonchev–Trinajstić information content (AvgIpc) is 2.43. The number of carboxylic acids is 1. The van der Waals surface area contributed by atoms with E-state index in [-0.39, 0.29) is 29.3 Å². The Bertz CT molecular complexity index is 609. The second-order valence-corrected chi connectivity index (χ2v) is 5.85. The summed E-state index contributed by atoms with van der Waals surface area (Å²) in [6.45, 7) is 5.63. The Morgan fingerprint density at radius 2 is 2.15 bits per heavy atom. The van der Waals surface area contributed by atoms with E-state index in [0.717, 1.165) is 6.07 Å². The smallest absolute Gasteiger partial charge is 0.339 e. The highest BCUT2D eigenvalue weighted by molar-refractivity contribution is 7.89. The third-order valence-electron chi connectivity index (χ3n) is 2.72. The molecule has 0 fully saturated rings. The van der Waals surface area contributed by atoms with E-state index in [2.05, 4.69) is 6.58 Å². The van der Waals surface area contributed by atoms with Gasteiger partial charge in [-0.05, 0) is 18.2 Å². The second kappa shape index (κ2) is 6.53. The lowest BCUT2D eigenvalue weighted by Crippen LogP contribution is -2.31. The Hall–Kier alpha value is -1.86. The van der Waals surface area contributed by atoms with Gasteiger partial charge >= 0.3 is 5.97 Å². The largest absolute Gasteiger partial charge is 0.496 e. The summed E-state index contributed by atoms with van der Waals surface area (Å²) in [5.74, 6) is -1.13. The molecule has 20 heavy (non-hydrogen) atoms. The third-order valence-corrected chi connectivity index (χ3v) is 4.66. The maximum absolute atomic E-state index is 12.4. The maximum atomic E-state index is 12.4. The van der Waals surface area contributed by atoms with Crippen molar-refractivity contribution in [2.24, 2.45) is 0 Å². The van der Waals surface area contributed by atoms with Crippen molar-refractivity contribution in [1.29, 1.82) is 0 Å². The number of ether oxygens (including phenoxy) is 1. The first kappa shape index (κ1) is 16.2. The molecule has 0 atom stereocenters. The van der Waals surface area contributed by atoms with Crippen LogP contribution in [0.15, 0.2) is 35.7 Å². The predicted octanol–water partition coefficient (Wildman–Crippen LogP) is 1.59. The number of hydrogen-bond donors (Lipinski definition) is 1. The first-order chi connectivity index (χ1) is 9.38. The maximum Gasteiger partial charge on any atom is 0.339 e. The van der Waals surface area contributed by atoms with Gasteiger partial charge in [0, 0.05) is 13.1 Å². The van der Waals surface area contributed by atoms with Crippen molar-refractivity contribution >= 4 is 16.0 Å². The molecule has 0 heterocycles. The lowest BCUT2D eigenvalue weighted by molar-refractivity contribution is 0.0693. The molecule has 1 aromatic carbocycles. The Morgan fingerprint density at radius 3 is 2.60 bits per heavy atom. The van der Waals surface area contributed by atoms with E-state index < -0.39 is 16.0 Å². The fourth-order valence-corrected chi connectivity index (χ4v) is 3.15. The minimum Gasteiger partial charge on any atom is -0.496 e. The number of nitrogens with zero attached hydrogens (tertiary/aromatic N) is 1. The molecule has 0 saturated heterocycles. The lowest BCUT2D eigenvalue weighted by atomic mass is 10.2. The number of benzene rings is 1. The van der Waals surface area contributed by atoms with Crippen molar-refractivity contribution in [1.82, 2.24) is 4.31 Å². The van der Waals surface area contributed by atoms with E-state index in [1.165, 1.54) is 29.6 Å². The number of methoxy groups -OCH3 is 1. The molecule has 0 aromatic heterocycles. The standard InChI is InChI=1S/C13H17NO5S/c1-4-8-14(5-2)20(17,18)10-6-7-12(19-3)11(9-10)13(15)16/h4,6-7,9H,1,5,8H2,2-3H3,(H,15,16). The molecule has 0 amide bonds. The van der Waals surface area contributed by atoms with Crippen LogP contribution in [0.25, 0.3) is 0 Å². The van der Waals surface area contributed by atoms with E-state index in [0.29, 0.717) is 0 Å². The summed E-state index contributed by atoms with van der Waals surface area (Å²) in [5.41, 5.74) is -0.191. The Balaban J connectivity index is 3.35. The van der Waals surface area contributed by atoms with Crippen LogP contribution in [0.5, 0.6) is 5.75 Å². The summed E-state index contributed by atoms with van der Waals surface area (Å²) in [6, 6.07) is 3.76. The molecule has 0 radical (unpaired) electrons. The van der Waals surface area contributed by atoms with Crippen molar-refractivity contribution in [3.8, 4) is 5.75 Å². The van der Waals surface area contributed by atoms with Crippen LogP contribution in [0, 0.1) is 0 Å². The minimum atomic E-state index is -3.75. The third kappa shape index (κ3) is 3.17. The molecule has 0 aliphatic carbocycles. The van der Waals surface area contributed by atoms with Gasteiger partial charge in [-0.15, -0.1) is 6.58 Å². The fraction of sp³-hybridized carbons (Fsp3) is 0.308. The van der Waals surface area contributed by atoms with Crippen molar-refractivity contribution < 1.29 is 23.1 Å². The van der Waals surface area contributed by atoms with E-state index in [9.17, 15) is 13.2 Å². The molecule has 6 nitrogen and oxygen atoms in total. The zero-order valence-electron chi connectivity index (χ0n) is 11.4. The van der Waals surface area contributed by atoms with Crippen LogP contribution in [0.1, 0.15) is 17.3 Å². The van der Waals surface area contributed by atoms with Crippen LogP contribution in [-0.4, -0.2) is 44.0 Å². The molecule has 0 aliphatic rings. The number of rotatable bonds is 7. The van der Waals surface area contributed by atoms with Crippen LogP contribution in [0.3, 0.4) is 0 Å². The molecule has 1 N–H and O–H groups in total. The number of aromatic carboxylic acids is 1. The summed E-state index contributed by atoms with van der Waals surface area (Å²) in [4.78, 5) is 11.0. The van der Waals surface area contributed by atoms with Crippen molar-refractivity contribution in [2.75, 3.05) is 20.2 Å². The minimum absolute atomic E-state index is 0.0839. The quantitative estimate of drug-likeness (QED) is 0.773. The molecular formula is C13H17NO5S. The molecule has 110 valence electrons. The highest BCUT2D eigenvalue weighted by Gasteiger charge is 2.24. The summed E-state index contributed by atoms with van der Waals surface area (Å²) in [5, 5.41) is 9.08. The van der Waals surface area contributed by atoms with Crippen LogP contribution in [-0.2, 0) is 10.0 Å². The molecular weight excluding hydrogens is 282 g/mol. The number of hydrogen-bond acceptors (Lipinski definition) is 4. The van der Waals surface area contributed by atoms with Gasteiger partial charge in [-0.3, -0.25) is 0 Å². The molecule has 7 heteroatoms. The highest BCUT2D eigenvalue weighted by Crippen LogP contribution is 2.24. The van der Waals surface area contributed by atoms with E-state index in [4.69, 9.17) is 9.84 Å². The van der Waals surface area contributed by atoms with Crippen LogP contribution in [0.4, 0.5) is 0 Å². The summed E-state index contributed by atoms with van der Waals surface area (Å²) in [6.07, 6.45) is 1.47. The van der Waals surface area contributed by atoms with Gasteiger partial charge < -0.3 is 9.84 Å². The Morgan fingerprint density at radius 1 is 1.50 bits per heavy atom. The summed E-state index contributed by atoms with van der Waals surface area (Å²) in [7, 11) is -2.43. The van der Waals surface area contributed by atoms with Crippen LogP contribution in [0.2, 0.25) is 0 Å². The van der Waals surface area contributed by atoms with Crippen molar-refractivity contribution in [2.45, 2.75) is 11.8 Å². The Kier molecular flexibility index (Phi) is 5.29. The summed E-state index contributed by atoms with van der Waals surface area (Å²) >= 11 is 0. The van der Waals surface area contributed by atoms with Gasteiger partial charge in [-0.1, -0.05) is 13.0 Å². The first-order valence-electron chi connectivity index (χ1n) is 5.90. The van der Waals surface area contributed by atoms with Gasteiger partial charge in [0.25, 0.3) is 0 Å². The SMILES string of the molecule is C=CCN(CC)S(=O)(=O)c1ccc(OC)c(C(=O)O)c1. The molecule has 0 aliphatic heterocycles. The van der Waals surface area contributed by atoms with Gasteiger partial charge in [-0.25, -0.2) is 13.2 Å². The normalized spacial score (nSPS) is 11.3. The zero-order valence-corrected chi connectivity index (χ0v) is 12.2. The molecule has 0 unspecified atom stereocenters. The summed E-state index contributed by atoms with van der Waals surface area (Å²) < 4.78 is 30.8. The van der Waals surface area contributed by atoms with E-state index in [1.807, 2.05) is 0 Å². The number of sulfonamides is 1.